The van der Waals surface area contributed by atoms with Crippen molar-refractivity contribution in [2.24, 2.45) is 5.73 Å². The molecule has 0 spiro atoms. The van der Waals surface area contributed by atoms with E-state index in [1.165, 1.54) is 12.1 Å². The third-order valence-electron chi connectivity index (χ3n) is 2.89. The van der Waals surface area contributed by atoms with Crippen LogP contribution < -0.4 is 11.1 Å². The third kappa shape index (κ3) is 3.67. The first kappa shape index (κ1) is 13.8. The number of rotatable bonds is 2. The number of hydrogen-bond donors (Lipinski definition) is 2. The van der Waals surface area contributed by atoms with Gasteiger partial charge in [0.1, 0.15) is 11.4 Å². The van der Waals surface area contributed by atoms with Gasteiger partial charge in [-0.25, -0.2) is 9.18 Å². The number of anilines is 1. The highest BCUT2D eigenvalue weighted by Crippen LogP contribution is 2.42. The van der Waals surface area contributed by atoms with Crippen LogP contribution in [0.5, 0.6) is 0 Å². The van der Waals surface area contributed by atoms with Crippen molar-refractivity contribution < 1.29 is 13.9 Å². The van der Waals surface area contributed by atoms with E-state index in [0.29, 0.717) is 5.69 Å². The second-order valence-corrected chi connectivity index (χ2v) is 5.86. The first-order valence-electron chi connectivity index (χ1n) is 6.31. The Kier molecular flexibility index (Phi) is 3.49. The van der Waals surface area contributed by atoms with E-state index in [0.717, 1.165) is 12.0 Å². The fourth-order valence-electron chi connectivity index (χ4n) is 1.94. The Morgan fingerprint density at radius 3 is 2.63 bits per heavy atom. The molecular weight excluding hydrogens is 247 g/mol. The molecule has 0 aliphatic heterocycles. The van der Waals surface area contributed by atoms with Crippen LogP contribution in [0.15, 0.2) is 18.2 Å². The highest BCUT2D eigenvalue weighted by atomic mass is 19.1. The summed E-state index contributed by atoms with van der Waals surface area (Å²) >= 11 is 0. The number of nitrogens with one attached hydrogen (secondary N) is 1. The Balaban J connectivity index is 2.14. The first-order chi connectivity index (χ1) is 8.76. The van der Waals surface area contributed by atoms with Crippen molar-refractivity contribution in [3.63, 3.8) is 0 Å². The van der Waals surface area contributed by atoms with E-state index in [-0.39, 0.29) is 17.8 Å². The second kappa shape index (κ2) is 4.81. The molecule has 1 saturated carbocycles. The monoisotopic (exact) mass is 266 g/mol. The van der Waals surface area contributed by atoms with Crippen molar-refractivity contribution in [2.45, 2.75) is 44.8 Å². The summed E-state index contributed by atoms with van der Waals surface area (Å²) in [7, 11) is 0. The summed E-state index contributed by atoms with van der Waals surface area (Å²) < 4.78 is 18.5. The van der Waals surface area contributed by atoms with E-state index in [1.54, 1.807) is 26.8 Å². The molecule has 1 aliphatic rings. The van der Waals surface area contributed by atoms with Crippen LogP contribution in [0, 0.1) is 5.82 Å². The Hall–Kier alpha value is -1.62. The highest BCUT2D eigenvalue weighted by molar-refractivity contribution is 5.86. The smallest absolute Gasteiger partial charge is 0.412 e. The van der Waals surface area contributed by atoms with Crippen molar-refractivity contribution in [3.8, 4) is 0 Å². The summed E-state index contributed by atoms with van der Waals surface area (Å²) in [4.78, 5) is 11.7. The fourth-order valence-corrected chi connectivity index (χ4v) is 1.94. The largest absolute Gasteiger partial charge is 0.444 e. The van der Waals surface area contributed by atoms with Crippen LogP contribution in [0.3, 0.4) is 0 Å². The summed E-state index contributed by atoms with van der Waals surface area (Å²) in [6, 6.07) is 4.31. The molecule has 1 aliphatic carbocycles. The van der Waals surface area contributed by atoms with Crippen LogP contribution in [-0.2, 0) is 4.74 Å². The van der Waals surface area contributed by atoms with Gasteiger partial charge in [-0.2, -0.15) is 0 Å². The number of ether oxygens (including phenoxy) is 1. The normalized spacial score (nSPS) is 21.9. The van der Waals surface area contributed by atoms with Crippen LogP contribution in [0.25, 0.3) is 0 Å². The van der Waals surface area contributed by atoms with Gasteiger partial charge in [0, 0.05) is 17.6 Å². The number of benzene rings is 1. The Morgan fingerprint density at radius 1 is 1.47 bits per heavy atom. The molecule has 5 heteroatoms. The van der Waals surface area contributed by atoms with E-state index in [9.17, 15) is 9.18 Å². The van der Waals surface area contributed by atoms with Gasteiger partial charge >= 0.3 is 6.09 Å². The standard InChI is InChI=1S/C14H19FN2O2/c1-14(2,3)19-13(18)17-12-5-4-8(15)6-10(12)9-7-11(9)16/h4-6,9,11H,7,16H2,1-3H3,(H,17,18). The lowest BCUT2D eigenvalue weighted by Crippen LogP contribution is -2.27. The second-order valence-electron chi connectivity index (χ2n) is 5.86. The molecule has 0 aromatic heterocycles. The molecule has 104 valence electrons. The number of carbonyl (C=O) groups is 1. The minimum Gasteiger partial charge on any atom is -0.444 e. The van der Waals surface area contributed by atoms with Gasteiger partial charge in [-0.05, 0) is 51.0 Å². The summed E-state index contributed by atoms with van der Waals surface area (Å²) in [5.41, 5.74) is 6.51. The Bertz CT molecular complexity index is 497. The average Bonchev–Trinajstić information content (AvgIpc) is 2.95. The van der Waals surface area contributed by atoms with Crippen LogP contribution in [0.4, 0.5) is 14.9 Å². The predicted molar refractivity (Wildman–Crippen MR) is 71.6 cm³/mol. The molecule has 0 heterocycles. The van der Waals surface area contributed by atoms with Gasteiger partial charge in [0.2, 0.25) is 0 Å². The summed E-state index contributed by atoms with van der Waals surface area (Å²) in [5, 5.41) is 2.65. The SMILES string of the molecule is CC(C)(C)OC(=O)Nc1ccc(F)cc1C1CC1N. The van der Waals surface area contributed by atoms with Gasteiger partial charge in [-0.1, -0.05) is 0 Å². The number of nitrogens with two attached hydrogens (primary N) is 1. The third-order valence-corrected chi connectivity index (χ3v) is 2.89. The topological polar surface area (TPSA) is 64.3 Å². The Morgan fingerprint density at radius 2 is 2.11 bits per heavy atom. The van der Waals surface area contributed by atoms with E-state index in [2.05, 4.69) is 5.32 Å². The lowest BCUT2D eigenvalue weighted by atomic mass is 10.1. The molecule has 4 nitrogen and oxygen atoms in total. The maximum absolute atomic E-state index is 13.3. The number of halogens is 1. The van der Waals surface area contributed by atoms with Crippen LogP contribution >= 0.6 is 0 Å². The van der Waals surface area contributed by atoms with Gasteiger partial charge < -0.3 is 10.5 Å². The molecule has 19 heavy (non-hydrogen) atoms. The number of amides is 1. The molecule has 1 aromatic carbocycles. The number of hydrogen-bond acceptors (Lipinski definition) is 3. The van der Waals surface area contributed by atoms with E-state index >= 15 is 0 Å². The maximum atomic E-state index is 13.3. The molecular formula is C14H19FN2O2. The van der Waals surface area contributed by atoms with Gasteiger partial charge in [0.05, 0.1) is 0 Å². The highest BCUT2D eigenvalue weighted by Gasteiger charge is 2.37. The molecule has 3 N–H and O–H groups in total. The minimum absolute atomic E-state index is 0.0426. The van der Waals surface area contributed by atoms with E-state index in [1.807, 2.05) is 0 Å². The molecule has 2 rings (SSSR count). The van der Waals surface area contributed by atoms with E-state index in [4.69, 9.17) is 10.5 Å². The molecule has 1 aromatic rings. The molecule has 0 radical (unpaired) electrons. The van der Waals surface area contributed by atoms with Crippen LogP contribution in [-0.4, -0.2) is 17.7 Å². The van der Waals surface area contributed by atoms with E-state index < -0.39 is 11.7 Å². The first-order valence-corrected chi connectivity index (χ1v) is 6.31. The Labute approximate surface area is 112 Å². The molecule has 1 fully saturated rings. The predicted octanol–water partition coefficient (Wildman–Crippen LogP) is 2.99. The van der Waals surface area contributed by atoms with Gasteiger partial charge in [0.15, 0.2) is 0 Å². The number of carbonyl (C=O) groups excluding carboxylic acids is 1. The van der Waals surface area contributed by atoms with Crippen molar-refractivity contribution in [2.75, 3.05) is 5.32 Å². The minimum atomic E-state index is -0.569. The average molecular weight is 266 g/mol. The molecule has 2 atom stereocenters. The quantitative estimate of drug-likeness (QED) is 0.865. The molecule has 0 saturated heterocycles. The van der Waals surface area contributed by atoms with Crippen LogP contribution in [0.2, 0.25) is 0 Å². The van der Waals surface area contributed by atoms with Crippen LogP contribution in [0.1, 0.15) is 38.7 Å². The zero-order valence-electron chi connectivity index (χ0n) is 11.4. The summed E-state index contributed by atoms with van der Waals surface area (Å²) in [6.07, 6.45) is 0.265. The zero-order chi connectivity index (χ0) is 14.2. The van der Waals surface area contributed by atoms with Gasteiger partial charge in [-0.3, -0.25) is 5.32 Å². The van der Waals surface area contributed by atoms with Gasteiger partial charge in [0.25, 0.3) is 0 Å². The fraction of sp³-hybridized carbons (Fsp3) is 0.500. The van der Waals surface area contributed by atoms with Crippen molar-refractivity contribution in [1.29, 1.82) is 0 Å². The molecule has 2 unspecified atom stereocenters. The lowest BCUT2D eigenvalue weighted by molar-refractivity contribution is 0.0635. The van der Waals surface area contributed by atoms with Gasteiger partial charge in [-0.15, -0.1) is 0 Å². The zero-order valence-corrected chi connectivity index (χ0v) is 11.4. The molecule has 0 bridgehead atoms. The van der Waals surface area contributed by atoms with Crippen molar-refractivity contribution >= 4 is 11.8 Å². The summed E-state index contributed by atoms with van der Waals surface area (Å²) in [5.74, 6) is -0.218. The van der Waals surface area contributed by atoms with Crippen molar-refractivity contribution in [1.82, 2.24) is 0 Å². The maximum Gasteiger partial charge on any atom is 0.412 e. The summed E-state index contributed by atoms with van der Waals surface area (Å²) in [6.45, 7) is 5.36. The van der Waals surface area contributed by atoms with Crippen molar-refractivity contribution in [3.05, 3.63) is 29.6 Å². The molecule has 1 amide bonds. The lowest BCUT2D eigenvalue weighted by Gasteiger charge is -2.20.